The number of Topliss-reactive ketones (excluding diaryl/α,β-unsaturated/α-hetero) is 1. The van der Waals surface area contributed by atoms with Gasteiger partial charge in [-0.3, -0.25) is 4.79 Å². The highest BCUT2D eigenvalue weighted by atomic mass is 16.5. The first-order chi connectivity index (χ1) is 11.2. The van der Waals surface area contributed by atoms with E-state index in [-0.39, 0.29) is 12.3 Å². The lowest BCUT2D eigenvalue weighted by molar-refractivity contribution is -0.683. The third-order valence-corrected chi connectivity index (χ3v) is 3.56. The Kier molecular flexibility index (Phi) is 4.47. The van der Waals surface area contributed by atoms with Gasteiger partial charge < -0.3 is 4.74 Å². The van der Waals surface area contributed by atoms with Gasteiger partial charge in [0.25, 0.3) is 6.33 Å². The molecule has 0 saturated heterocycles. The average molecular weight is 308 g/mol. The second-order valence-electron chi connectivity index (χ2n) is 5.25. The Morgan fingerprint density at radius 2 is 1.87 bits per heavy atom. The molecule has 0 atom stereocenters. The van der Waals surface area contributed by atoms with Crippen molar-refractivity contribution in [2.75, 3.05) is 7.11 Å². The summed E-state index contributed by atoms with van der Waals surface area (Å²) in [6.07, 6.45) is 3.51. The van der Waals surface area contributed by atoms with Gasteiger partial charge in [-0.15, -0.1) is 4.68 Å². The Hall–Kier alpha value is -2.95. The van der Waals surface area contributed by atoms with Crippen molar-refractivity contribution in [1.29, 1.82) is 0 Å². The molecule has 116 valence electrons. The minimum absolute atomic E-state index is 0.0388. The standard InChI is InChI=1S/C18H18N3O2/c1-23-17-9-7-16(8-10-17)18(22)12-20-13-19-21(14-20)11-15-5-3-2-4-6-15/h2-10,13-14H,11-12H2,1H3/q+1. The molecule has 3 rings (SSSR count). The molecule has 5 nitrogen and oxygen atoms in total. The van der Waals surface area contributed by atoms with Crippen molar-refractivity contribution >= 4 is 5.78 Å². The van der Waals surface area contributed by atoms with Crippen LogP contribution in [0, 0.1) is 0 Å². The summed E-state index contributed by atoms with van der Waals surface area (Å²) in [7, 11) is 1.60. The number of methoxy groups -OCH3 is 1. The summed E-state index contributed by atoms with van der Waals surface area (Å²) in [6.45, 7) is 0.950. The monoisotopic (exact) mass is 308 g/mol. The lowest BCUT2D eigenvalue weighted by Gasteiger charge is -2.01. The summed E-state index contributed by atoms with van der Waals surface area (Å²) in [6, 6.07) is 17.2. The number of aromatic nitrogens is 3. The number of carbonyl (C=O) groups excluding carboxylic acids is 1. The molecule has 2 aromatic carbocycles. The average Bonchev–Trinajstić information content (AvgIpc) is 3.02. The molecule has 0 N–H and O–H groups in total. The molecule has 0 spiro atoms. The predicted octanol–water partition coefficient (Wildman–Crippen LogP) is 2.11. The van der Waals surface area contributed by atoms with Crippen molar-refractivity contribution in [3.05, 3.63) is 78.4 Å². The molecule has 0 unspecified atom stereocenters. The maximum absolute atomic E-state index is 12.3. The number of rotatable bonds is 6. The Balaban J connectivity index is 1.65. The number of nitrogens with zero attached hydrogens (tertiary/aromatic N) is 3. The summed E-state index contributed by atoms with van der Waals surface area (Å²) in [5.41, 5.74) is 1.83. The number of ether oxygens (including phenoxy) is 1. The summed E-state index contributed by atoms with van der Waals surface area (Å²) in [5.74, 6) is 0.779. The van der Waals surface area contributed by atoms with Gasteiger partial charge in [-0.05, 0) is 29.8 Å². The molecule has 0 radical (unpaired) electrons. The van der Waals surface area contributed by atoms with Gasteiger partial charge in [-0.2, -0.15) is 0 Å². The molecule has 0 aliphatic carbocycles. The van der Waals surface area contributed by atoms with Crippen molar-refractivity contribution in [2.45, 2.75) is 13.1 Å². The topological polar surface area (TPSA) is 48.0 Å². The largest absolute Gasteiger partial charge is 0.497 e. The van der Waals surface area contributed by atoms with Crippen LogP contribution in [0.15, 0.2) is 67.3 Å². The maximum atomic E-state index is 12.3. The van der Waals surface area contributed by atoms with Crippen LogP contribution >= 0.6 is 0 Å². The van der Waals surface area contributed by atoms with Crippen LogP contribution in [0.3, 0.4) is 0 Å². The van der Waals surface area contributed by atoms with Crippen molar-refractivity contribution in [2.24, 2.45) is 0 Å². The Bertz CT molecular complexity index is 780. The summed E-state index contributed by atoms with van der Waals surface area (Å²) >= 11 is 0. The second kappa shape index (κ2) is 6.87. The van der Waals surface area contributed by atoms with E-state index in [9.17, 15) is 4.79 Å². The minimum atomic E-state index is 0.0388. The third kappa shape index (κ3) is 3.83. The molecule has 5 heteroatoms. The smallest absolute Gasteiger partial charge is 0.265 e. The maximum Gasteiger partial charge on any atom is 0.265 e. The van der Waals surface area contributed by atoms with Crippen LogP contribution in [-0.2, 0) is 13.1 Å². The Labute approximate surface area is 134 Å². The van der Waals surface area contributed by atoms with Crippen molar-refractivity contribution < 1.29 is 14.1 Å². The van der Waals surface area contributed by atoms with E-state index in [0.29, 0.717) is 12.1 Å². The predicted molar refractivity (Wildman–Crippen MR) is 85.3 cm³/mol. The highest BCUT2D eigenvalue weighted by Gasteiger charge is 2.12. The van der Waals surface area contributed by atoms with Crippen LogP contribution in [0.2, 0.25) is 0 Å². The SMILES string of the molecule is COc1ccc(C(=O)C[n+]2cnn(Cc3ccccc3)c2)cc1. The highest BCUT2D eigenvalue weighted by Crippen LogP contribution is 2.11. The zero-order chi connectivity index (χ0) is 16.1. The fourth-order valence-corrected chi connectivity index (χ4v) is 2.33. The van der Waals surface area contributed by atoms with E-state index >= 15 is 0 Å². The van der Waals surface area contributed by atoms with E-state index in [2.05, 4.69) is 17.2 Å². The van der Waals surface area contributed by atoms with E-state index in [1.807, 2.05) is 29.2 Å². The third-order valence-electron chi connectivity index (χ3n) is 3.56. The van der Waals surface area contributed by atoms with Crippen molar-refractivity contribution in [1.82, 2.24) is 9.78 Å². The molecular weight excluding hydrogens is 290 g/mol. The second-order valence-corrected chi connectivity index (χ2v) is 5.25. The van der Waals surface area contributed by atoms with E-state index in [4.69, 9.17) is 4.74 Å². The van der Waals surface area contributed by atoms with E-state index in [1.54, 1.807) is 42.3 Å². The van der Waals surface area contributed by atoms with Gasteiger partial charge in [0, 0.05) is 10.7 Å². The molecule has 1 heterocycles. The van der Waals surface area contributed by atoms with Gasteiger partial charge in [-0.25, -0.2) is 4.57 Å². The molecule has 1 aromatic heterocycles. The highest BCUT2D eigenvalue weighted by molar-refractivity contribution is 5.95. The lowest BCUT2D eigenvalue weighted by Crippen LogP contribution is -2.35. The summed E-state index contributed by atoms with van der Waals surface area (Å²) < 4.78 is 8.70. The van der Waals surface area contributed by atoms with Crippen LogP contribution in [0.5, 0.6) is 5.75 Å². The number of hydrogen-bond donors (Lipinski definition) is 0. The Morgan fingerprint density at radius 1 is 1.13 bits per heavy atom. The van der Waals surface area contributed by atoms with Crippen LogP contribution in [0.25, 0.3) is 0 Å². The first-order valence-electron chi connectivity index (χ1n) is 7.37. The van der Waals surface area contributed by atoms with E-state index in [1.165, 1.54) is 5.56 Å². The number of ketones is 1. The molecule has 0 saturated carbocycles. The molecule has 0 aliphatic heterocycles. The van der Waals surface area contributed by atoms with Crippen molar-refractivity contribution in [3.63, 3.8) is 0 Å². The Morgan fingerprint density at radius 3 is 2.57 bits per heavy atom. The van der Waals surface area contributed by atoms with Gasteiger partial charge in [0.2, 0.25) is 6.33 Å². The molecular formula is C18H18N3O2+. The van der Waals surface area contributed by atoms with E-state index in [0.717, 1.165) is 5.75 Å². The molecule has 0 aliphatic rings. The zero-order valence-corrected chi connectivity index (χ0v) is 12.9. The zero-order valence-electron chi connectivity index (χ0n) is 12.9. The van der Waals surface area contributed by atoms with Gasteiger partial charge in [0.15, 0.2) is 5.78 Å². The minimum Gasteiger partial charge on any atom is -0.497 e. The first-order valence-corrected chi connectivity index (χ1v) is 7.37. The van der Waals surface area contributed by atoms with Crippen molar-refractivity contribution in [3.8, 4) is 5.75 Å². The first kappa shape index (κ1) is 15.0. The number of benzene rings is 2. The normalized spacial score (nSPS) is 10.5. The fourth-order valence-electron chi connectivity index (χ4n) is 2.33. The summed E-state index contributed by atoms with van der Waals surface area (Å²) in [5, 5.41) is 4.29. The lowest BCUT2D eigenvalue weighted by atomic mass is 10.1. The summed E-state index contributed by atoms with van der Waals surface area (Å²) in [4.78, 5) is 12.3. The van der Waals surface area contributed by atoms with Gasteiger partial charge in [0.1, 0.15) is 18.8 Å². The molecule has 0 fully saturated rings. The van der Waals surface area contributed by atoms with Crippen LogP contribution < -0.4 is 9.30 Å². The van der Waals surface area contributed by atoms with Crippen LogP contribution in [0.1, 0.15) is 15.9 Å². The number of carbonyl (C=O) groups is 1. The van der Waals surface area contributed by atoms with Gasteiger partial charge in [0.05, 0.1) is 7.11 Å². The molecule has 3 aromatic rings. The van der Waals surface area contributed by atoms with Gasteiger partial charge >= 0.3 is 0 Å². The molecule has 23 heavy (non-hydrogen) atoms. The quantitative estimate of drug-likeness (QED) is 0.517. The fraction of sp³-hybridized carbons (Fsp3) is 0.167. The number of hydrogen-bond acceptors (Lipinski definition) is 3. The van der Waals surface area contributed by atoms with E-state index < -0.39 is 0 Å². The van der Waals surface area contributed by atoms with Crippen LogP contribution in [-0.4, -0.2) is 22.7 Å². The molecule has 0 amide bonds. The van der Waals surface area contributed by atoms with Gasteiger partial charge in [-0.1, -0.05) is 30.3 Å². The van der Waals surface area contributed by atoms with Crippen LogP contribution in [0.4, 0.5) is 0 Å². The molecule has 0 bridgehead atoms.